The van der Waals surface area contributed by atoms with Gasteiger partial charge in [0.2, 0.25) is 5.91 Å². The van der Waals surface area contributed by atoms with E-state index in [9.17, 15) is 15.3 Å². The number of nitrogens with two attached hydrogens (primary N) is 1. The number of nitrogens with one attached hydrogen (secondary N) is 1. The minimum atomic E-state index is -0.574. The van der Waals surface area contributed by atoms with Crippen molar-refractivity contribution in [1.29, 1.82) is 10.5 Å². The van der Waals surface area contributed by atoms with Gasteiger partial charge < -0.3 is 24.9 Å². The van der Waals surface area contributed by atoms with Crippen molar-refractivity contribution in [3.8, 4) is 35.0 Å². The lowest BCUT2D eigenvalue weighted by Crippen LogP contribution is -2.25. The van der Waals surface area contributed by atoms with E-state index >= 15 is 0 Å². The third-order valence-electron chi connectivity index (χ3n) is 4.91. The van der Waals surface area contributed by atoms with Crippen molar-refractivity contribution in [2.75, 3.05) is 24.3 Å². The van der Waals surface area contributed by atoms with Crippen LogP contribution < -0.4 is 20.5 Å². The van der Waals surface area contributed by atoms with Crippen molar-refractivity contribution in [2.24, 2.45) is 0 Å². The lowest BCUT2D eigenvalue weighted by Gasteiger charge is -2.20. The minimum Gasteiger partial charge on any atom is -0.486 e. The van der Waals surface area contributed by atoms with Crippen molar-refractivity contribution in [1.82, 2.24) is 4.98 Å². The van der Waals surface area contributed by atoms with Crippen LogP contribution in [-0.4, -0.2) is 29.4 Å². The van der Waals surface area contributed by atoms with Gasteiger partial charge in [0.25, 0.3) is 0 Å². The van der Waals surface area contributed by atoms with E-state index in [1.54, 1.807) is 30.3 Å². The average molecular weight is 462 g/mol. The van der Waals surface area contributed by atoms with Crippen molar-refractivity contribution >= 4 is 29.2 Å². The highest BCUT2D eigenvalue weighted by molar-refractivity contribution is 8.00. The number of carbonyl (C=O) groups is 1. The van der Waals surface area contributed by atoms with E-state index in [1.165, 1.54) is 6.26 Å². The zero-order valence-corrected chi connectivity index (χ0v) is 18.4. The number of rotatable bonds is 6. The molecule has 9 nitrogen and oxygen atoms in total. The number of benzene rings is 1. The quantitative estimate of drug-likeness (QED) is 0.521. The predicted molar refractivity (Wildman–Crippen MR) is 122 cm³/mol. The molecule has 0 radical (unpaired) electrons. The van der Waals surface area contributed by atoms with E-state index in [0.717, 1.165) is 11.8 Å². The second-order valence-electron chi connectivity index (χ2n) is 6.99. The van der Waals surface area contributed by atoms with Gasteiger partial charge in [0.1, 0.15) is 47.5 Å². The summed E-state index contributed by atoms with van der Waals surface area (Å²) in [5, 5.41) is 22.0. The molecule has 0 aliphatic carbocycles. The molecule has 0 spiro atoms. The molecule has 1 aliphatic rings. The lowest BCUT2D eigenvalue weighted by molar-refractivity contribution is -0.115. The molecule has 0 fully saturated rings. The van der Waals surface area contributed by atoms with Gasteiger partial charge in [0, 0.05) is 11.8 Å². The highest BCUT2D eigenvalue weighted by Gasteiger charge is 2.26. The number of anilines is 2. The molecule has 33 heavy (non-hydrogen) atoms. The predicted octanol–water partition coefficient (Wildman–Crippen LogP) is 3.95. The maximum atomic E-state index is 13.0. The number of pyridine rings is 1. The van der Waals surface area contributed by atoms with Crippen molar-refractivity contribution in [3.05, 3.63) is 47.7 Å². The molecule has 1 unspecified atom stereocenters. The molecule has 0 bridgehead atoms. The van der Waals surface area contributed by atoms with E-state index in [4.69, 9.17) is 19.6 Å². The summed E-state index contributed by atoms with van der Waals surface area (Å²) >= 11 is 1.11. The van der Waals surface area contributed by atoms with Gasteiger partial charge in [-0.15, -0.1) is 0 Å². The molecule has 0 saturated heterocycles. The molecule has 1 aliphatic heterocycles. The molecular formula is C23H19N5O4S. The van der Waals surface area contributed by atoms with Crippen LogP contribution in [0.2, 0.25) is 0 Å². The van der Waals surface area contributed by atoms with Gasteiger partial charge in [-0.2, -0.15) is 10.5 Å². The zero-order chi connectivity index (χ0) is 23.4. The Balaban J connectivity index is 1.63. The highest BCUT2D eigenvalue weighted by atomic mass is 32.2. The number of hydrogen-bond donors (Lipinski definition) is 2. The third kappa shape index (κ3) is 4.43. The van der Waals surface area contributed by atoms with Gasteiger partial charge in [-0.3, -0.25) is 4.79 Å². The van der Waals surface area contributed by atoms with E-state index in [2.05, 4.69) is 16.4 Å². The molecule has 0 saturated carbocycles. The van der Waals surface area contributed by atoms with Crippen LogP contribution in [0.5, 0.6) is 11.5 Å². The summed E-state index contributed by atoms with van der Waals surface area (Å²) < 4.78 is 16.5. The molecule has 10 heteroatoms. The number of amides is 1. The smallest absolute Gasteiger partial charge is 0.237 e. The largest absolute Gasteiger partial charge is 0.486 e. The van der Waals surface area contributed by atoms with E-state index in [-0.39, 0.29) is 33.4 Å². The fourth-order valence-electron chi connectivity index (χ4n) is 3.35. The maximum Gasteiger partial charge on any atom is 0.237 e. The Morgan fingerprint density at radius 2 is 1.97 bits per heavy atom. The molecule has 1 amide bonds. The number of hydrogen-bond acceptors (Lipinski definition) is 9. The van der Waals surface area contributed by atoms with Crippen LogP contribution in [0.1, 0.15) is 24.5 Å². The first kappa shape index (κ1) is 22.1. The zero-order valence-electron chi connectivity index (χ0n) is 17.6. The standard InChI is InChI=1S/C23H19N5O4S/c1-2-19(22(29)27-13-5-6-16-18(10-13)32-9-8-31-16)33-23-15(12-25)20(17-4-3-7-30-17)14(11-24)21(26)28-23/h3-7,10,19H,2,8-9H2,1H3,(H2,26,28)(H,27,29). The van der Waals surface area contributed by atoms with Crippen LogP contribution in [0.25, 0.3) is 11.3 Å². The molecule has 1 atom stereocenters. The van der Waals surface area contributed by atoms with Gasteiger partial charge in [0.05, 0.1) is 22.6 Å². The summed E-state index contributed by atoms with van der Waals surface area (Å²) in [5.41, 5.74) is 7.03. The Labute approximate surface area is 194 Å². The summed E-state index contributed by atoms with van der Waals surface area (Å²) in [7, 11) is 0. The van der Waals surface area contributed by atoms with Crippen LogP contribution in [0, 0.1) is 22.7 Å². The molecule has 3 N–H and O–H groups in total. The number of furan rings is 1. The van der Waals surface area contributed by atoms with E-state index < -0.39 is 5.25 Å². The minimum absolute atomic E-state index is 0.0347. The topological polar surface area (TPSA) is 147 Å². The fourth-order valence-corrected chi connectivity index (χ4v) is 4.37. The first-order chi connectivity index (χ1) is 16.0. The second kappa shape index (κ2) is 9.55. The van der Waals surface area contributed by atoms with Crippen LogP contribution in [0.3, 0.4) is 0 Å². The number of nitrogen functional groups attached to an aromatic ring is 1. The Morgan fingerprint density at radius 1 is 1.21 bits per heavy atom. The summed E-state index contributed by atoms with van der Waals surface area (Å²) in [6.45, 7) is 2.78. The van der Waals surface area contributed by atoms with Gasteiger partial charge in [-0.25, -0.2) is 4.98 Å². The monoisotopic (exact) mass is 461 g/mol. The molecule has 4 rings (SSSR count). The van der Waals surface area contributed by atoms with Gasteiger partial charge in [-0.1, -0.05) is 18.7 Å². The molecule has 2 aromatic heterocycles. The SMILES string of the molecule is CCC(Sc1nc(N)c(C#N)c(-c2ccco2)c1C#N)C(=O)Nc1ccc2c(c1)OCCO2. The maximum absolute atomic E-state index is 13.0. The first-order valence-corrected chi connectivity index (χ1v) is 11.0. The van der Waals surface area contributed by atoms with Crippen LogP contribution in [0.15, 0.2) is 46.0 Å². The van der Waals surface area contributed by atoms with Gasteiger partial charge in [0.15, 0.2) is 11.5 Å². The normalized spacial score (nSPS) is 12.9. The summed E-state index contributed by atoms with van der Waals surface area (Å²) in [4.78, 5) is 17.3. The Bertz CT molecular complexity index is 1280. The Kier molecular flexibility index (Phi) is 6.38. The van der Waals surface area contributed by atoms with Crippen LogP contribution in [0.4, 0.5) is 11.5 Å². The molecular weight excluding hydrogens is 442 g/mol. The van der Waals surface area contributed by atoms with Crippen LogP contribution in [-0.2, 0) is 4.79 Å². The number of aromatic nitrogens is 1. The summed E-state index contributed by atoms with van der Waals surface area (Å²) in [6, 6.07) is 12.6. The summed E-state index contributed by atoms with van der Waals surface area (Å²) in [6.07, 6.45) is 1.90. The van der Waals surface area contributed by atoms with E-state index in [1.807, 2.05) is 13.0 Å². The van der Waals surface area contributed by atoms with Crippen LogP contribution >= 0.6 is 11.8 Å². The Morgan fingerprint density at radius 3 is 2.64 bits per heavy atom. The first-order valence-electron chi connectivity index (χ1n) is 10.1. The van der Waals surface area contributed by atoms with E-state index in [0.29, 0.717) is 42.6 Å². The van der Waals surface area contributed by atoms with Crippen molar-refractivity contribution in [3.63, 3.8) is 0 Å². The second-order valence-corrected chi connectivity index (χ2v) is 8.18. The highest BCUT2D eigenvalue weighted by Crippen LogP contribution is 2.38. The third-order valence-corrected chi connectivity index (χ3v) is 6.26. The number of nitrogens with zero attached hydrogens (tertiary/aromatic N) is 3. The summed E-state index contributed by atoms with van der Waals surface area (Å²) in [5.74, 6) is 1.21. The molecule has 1 aromatic carbocycles. The molecule has 3 heterocycles. The van der Waals surface area contributed by atoms with Gasteiger partial charge in [-0.05, 0) is 30.7 Å². The number of fused-ring (bicyclic) bond motifs is 1. The molecule has 3 aromatic rings. The average Bonchev–Trinajstić information content (AvgIpc) is 3.36. The lowest BCUT2D eigenvalue weighted by atomic mass is 10.0. The Hall–Kier alpha value is -4.15. The van der Waals surface area contributed by atoms with Gasteiger partial charge >= 0.3 is 0 Å². The number of thioether (sulfide) groups is 1. The molecule has 166 valence electrons. The number of ether oxygens (including phenoxy) is 2. The number of carbonyl (C=O) groups excluding carboxylic acids is 1. The van der Waals surface area contributed by atoms with Crippen molar-refractivity contribution < 1.29 is 18.7 Å². The number of nitriles is 2. The van der Waals surface area contributed by atoms with Crippen molar-refractivity contribution in [2.45, 2.75) is 23.6 Å². The fraction of sp³-hybridized carbons (Fsp3) is 0.217.